The molecule has 0 heterocycles. The van der Waals surface area contributed by atoms with Gasteiger partial charge >= 0.3 is 0 Å². The summed E-state index contributed by atoms with van der Waals surface area (Å²) in [6.07, 6.45) is 2.54. The van der Waals surface area contributed by atoms with Crippen LogP contribution in [0.15, 0.2) is 42.5 Å². The topological polar surface area (TPSA) is 62.1 Å². The number of hydrogen-bond donors (Lipinski definition) is 1. The zero-order valence-electron chi connectivity index (χ0n) is 15.5. The monoisotopic (exact) mass is 382 g/mol. The van der Waals surface area contributed by atoms with Crippen LogP contribution in [-0.4, -0.2) is 18.1 Å². The van der Waals surface area contributed by atoms with Crippen LogP contribution >= 0.6 is 11.6 Å². The fourth-order valence-corrected chi connectivity index (χ4v) is 3.53. The lowest BCUT2D eigenvalue weighted by molar-refractivity contribution is 0.0935. The highest BCUT2D eigenvalue weighted by Gasteiger charge is 2.27. The van der Waals surface area contributed by atoms with Crippen molar-refractivity contribution < 1.29 is 9.53 Å². The molecular formula is C22H23ClN2O2. The van der Waals surface area contributed by atoms with Crippen LogP contribution < -0.4 is 10.1 Å². The maximum atomic E-state index is 12.5. The minimum atomic E-state index is -0.0441. The Bertz CT molecular complexity index is 856. The number of ether oxygens (including phenoxy) is 1. The summed E-state index contributed by atoms with van der Waals surface area (Å²) in [7, 11) is 0. The number of carbonyl (C=O) groups excluding carboxylic acids is 1. The number of nitriles is 1. The number of halogens is 1. The first-order valence-corrected chi connectivity index (χ1v) is 9.61. The summed E-state index contributed by atoms with van der Waals surface area (Å²) in [6.45, 7) is 4.27. The summed E-state index contributed by atoms with van der Waals surface area (Å²) in [5, 5.41) is 12.4. The fraction of sp³-hybridized carbons (Fsp3) is 0.364. The second-order valence-corrected chi connectivity index (χ2v) is 7.66. The van der Waals surface area contributed by atoms with Crippen molar-refractivity contribution >= 4 is 17.5 Å². The van der Waals surface area contributed by atoms with E-state index in [1.54, 1.807) is 18.2 Å². The number of carbonyl (C=O) groups is 1. The quantitative estimate of drug-likeness (QED) is 0.785. The number of hydrogen-bond acceptors (Lipinski definition) is 3. The SMILES string of the molecule is CC(C)c1ccc(C(=O)N[C@H]2CC[C@H](Oc3ccc(C#N)c(Cl)c3)C2)cc1. The van der Waals surface area contributed by atoms with Gasteiger partial charge in [-0.3, -0.25) is 4.79 Å². The van der Waals surface area contributed by atoms with Gasteiger partial charge in [0.25, 0.3) is 5.91 Å². The van der Waals surface area contributed by atoms with Crippen molar-refractivity contribution in [3.05, 3.63) is 64.2 Å². The summed E-state index contributed by atoms with van der Waals surface area (Å²) in [5.74, 6) is 1.06. The van der Waals surface area contributed by atoms with Crippen LogP contribution in [0.4, 0.5) is 0 Å². The molecule has 1 aliphatic rings. The molecule has 5 heteroatoms. The standard InChI is InChI=1S/C22H23ClN2O2/c1-14(2)15-3-5-16(6-4-15)22(26)25-18-8-10-19(11-18)27-20-9-7-17(13-24)21(23)12-20/h3-7,9,12,14,18-19H,8,10-11H2,1-2H3,(H,25,26)/t18-,19-/m0/s1. The number of rotatable bonds is 5. The van der Waals surface area contributed by atoms with E-state index in [9.17, 15) is 4.79 Å². The highest BCUT2D eigenvalue weighted by atomic mass is 35.5. The fourth-order valence-electron chi connectivity index (χ4n) is 3.32. The molecule has 2 atom stereocenters. The van der Waals surface area contributed by atoms with Crippen LogP contribution in [0.2, 0.25) is 5.02 Å². The van der Waals surface area contributed by atoms with Crippen LogP contribution in [0.1, 0.15) is 60.5 Å². The van der Waals surface area contributed by atoms with Gasteiger partial charge in [-0.1, -0.05) is 37.6 Å². The molecule has 0 aromatic heterocycles. The van der Waals surface area contributed by atoms with Gasteiger partial charge in [0.1, 0.15) is 17.9 Å². The van der Waals surface area contributed by atoms with E-state index in [2.05, 4.69) is 19.2 Å². The lowest BCUT2D eigenvalue weighted by atomic mass is 10.0. The van der Waals surface area contributed by atoms with Crippen molar-refractivity contribution in [2.75, 3.05) is 0 Å². The molecule has 140 valence electrons. The van der Waals surface area contributed by atoms with E-state index in [1.807, 2.05) is 30.3 Å². The molecule has 0 spiro atoms. The van der Waals surface area contributed by atoms with Gasteiger partial charge in [-0.05, 0) is 48.6 Å². The highest BCUT2D eigenvalue weighted by Crippen LogP contribution is 2.28. The number of nitrogens with zero attached hydrogens (tertiary/aromatic N) is 1. The van der Waals surface area contributed by atoms with E-state index in [0.717, 1.165) is 19.3 Å². The lowest BCUT2D eigenvalue weighted by Crippen LogP contribution is -2.33. The summed E-state index contributed by atoms with van der Waals surface area (Å²) in [5.41, 5.74) is 2.34. The highest BCUT2D eigenvalue weighted by molar-refractivity contribution is 6.31. The Labute approximate surface area is 165 Å². The van der Waals surface area contributed by atoms with Crippen molar-refractivity contribution in [3.8, 4) is 11.8 Å². The summed E-state index contributed by atoms with van der Waals surface area (Å²) in [6, 6.07) is 15.0. The molecule has 3 rings (SSSR count). The Balaban J connectivity index is 1.54. The van der Waals surface area contributed by atoms with Crippen LogP contribution in [0.3, 0.4) is 0 Å². The normalized spacial score (nSPS) is 18.9. The molecule has 0 aliphatic heterocycles. The Morgan fingerprint density at radius 3 is 2.59 bits per heavy atom. The third-order valence-electron chi connectivity index (χ3n) is 4.92. The Morgan fingerprint density at radius 1 is 1.22 bits per heavy atom. The molecule has 0 saturated heterocycles. The van der Waals surface area contributed by atoms with E-state index in [0.29, 0.717) is 27.8 Å². The Hall–Kier alpha value is -2.51. The predicted molar refractivity (Wildman–Crippen MR) is 106 cm³/mol. The summed E-state index contributed by atoms with van der Waals surface area (Å²) >= 11 is 6.05. The molecule has 1 aliphatic carbocycles. The third-order valence-corrected chi connectivity index (χ3v) is 5.24. The average molecular weight is 383 g/mol. The molecule has 2 aromatic carbocycles. The minimum absolute atomic E-state index is 0.0302. The van der Waals surface area contributed by atoms with E-state index in [-0.39, 0.29) is 18.1 Å². The van der Waals surface area contributed by atoms with E-state index in [4.69, 9.17) is 21.6 Å². The molecule has 0 radical (unpaired) electrons. The molecule has 1 saturated carbocycles. The van der Waals surface area contributed by atoms with Crippen LogP contribution in [-0.2, 0) is 0 Å². The predicted octanol–water partition coefficient (Wildman–Crippen LogP) is 5.06. The van der Waals surface area contributed by atoms with Crippen molar-refractivity contribution in [2.24, 2.45) is 0 Å². The van der Waals surface area contributed by atoms with Gasteiger partial charge in [-0.15, -0.1) is 0 Å². The first kappa shape index (κ1) is 19.3. The number of amides is 1. The third kappa shape index (κ3) is 4.81. The second-order valence-electron chi connectivity index (χ2n) is 7.25. The number of benzene rings is 2. The van der Waals surface area contributed by atoms with Crippen LogP contribution in [0.5, 0.6) is 5.75 Å². The van der Waals surface area contributed by atoms with Gasteiger partial charge in [0.15, 0.2) is 0 Å². The molecule has 1 amide bonds. The van der Waals surface area contributed by atoms with Crippen molar-refractivity contribution in [1.29, 1.82) is 5.26 Å². The van der Waals surface area contributed by atoms with Gasteiger partial charge in [-0.25, -0.2) is 0 Å². The minimum Gasteiger partial charge on any atom is -0.490 e. The zero-order chi connectivity index (χ0) is 19.4. The van der Waals surface area contributed by atoms with Gasteiger partial charge in [0.2, 0.25) is 0 Å². The van der Waals surface area contributed by atoms with E-state index >= 15 is 0 Å². The second kappa shape index (κ2) is 8.45. The molecule has 27 heavy (non-hydrogen) atoms. The summed E-state index contributed by atoms with van der Waals surface area (Å²) in [4.78, 5) is 12.5. The molecule has 0 bridgehead atoms. The van der Waals surface area contributed by atoms with E-state index < -0.39 is 0 Å². The smallest absolute Gasteiger partial charge is 0.251 e. The van der Waals surface area contributed by atoms with Crippen molar-refractivity contribution in [2.45, 2.75) is 51.2 Å². The molecule has 1 N–H and O–H groups in total. The largest absolute Gasteiger partial charge is 0.490 e. The molecule has 1 fully saturated rings. The van der Waals surface area contributed by atoms with Gasteiger partial charge in [0.05, 0.1) is 10.6 Å². The molecule has 0 unspecified atom stereocenters. The molecular weight excluding hydrogens is 360 g/mol. The maximum Gasteiger partial charge on any atom is 0.251 e. The first-order chi connectivity index (χ1) is 13.0. The maximum absolute atomic E-state index is 12.5. The Kier molecular flexibility index (Phi) is 6.03. The molecule has 4 nitrogen and oxygen atoms in total. The first-order valence-electron chi connectivity index (χ1n) is 9.23. The Morgan fingerprint density at radius 2 is 1.96 bits per heavy atom. The zero-order valence-corrected chi connectivity index (χ0v) is 16.3. The van der Waals surface area contributed by atoms with E-state index in [1.165, 1.54) is 5.56 Å². The molecule has 2 aromatic rings. The van der Waals surface area contributed by atoms with Crippen molar-refractivity contribution in [3.63, 3.8) is 0 Å². The van der Waals surface area contributed by atoms with Gasteiger partial charge in [-0.2, -0.15) is 5.26 Å². The van der Waals surface area contributed by atoms with Crippen LogP contribution in [0, 0.1) is 11.3 Å². The summed E-state index contributed by atoms with van der Waals surface area (Å²) < 4.78 is 5.97. The average Bonchev–Trinajstić information content (AvgIpc) is 3.08. The van der Waals surface area contributed by atoms with Crippen molar-refractivity contribution in [1.82, 2.24) is 5.32 Å². The lowest BCUT2D eigenvalue weighted by Gasteiger charge is -2.16. The van der Waals surface area contributed by atoms with Gasteiger partial charge < -0.3 is 10.1 Å². The number of nitrogens with one attached hydrogen (secondary N) is 1. The van der Waals surface area contributed by atoms with Crippen LogP contribution in [0.25, 0.3) is 0 Å². The van der Waals surface area contributed by atoms with Gasteiger partial charge in [0, 0.05) is 24.1 Å².